The smallest absolute Gasteiger partial charge is 0.272 e. The number of aromatic nitrogens is 1. The Labute approximate surface area is 203 Å². The second-order valence-corrected chi connectivity index (χ2v) is 8.98. The average Bonchev–Trinajstić information content (AvgIpc) is 2.86. The quantitative estimate of drug-likeness (QED) is 0.653. The Morgan fingerprint density at radius 2 is 1.82 bits per heavy atom. The fraction of sp³-hybridized carbons (Fsp3) is 0.519. The van der Waals surface area contributed by atoms with Gasteiger partial charge in [0, 0.05) is 25.7 Å². The highest BCUT2D eigenvalue weighted by Gasteiger charge is 2.29. The summed E-state index contributed by atoms with van der Waals surface area (Å²) in [4.78, 5) is 35.0. The third-order valence-electron chi connectivity index (χ3n) is 6.36. The number of fused-ring (bicyclic) bond motifs is 1. The SMILES string of the molecule is CCN1CCCCCCN(C(=O)c2cccc(OC)n2)[C@@H](C(C)C)COc2ccccc2C1=O. The Balaban J connectivity index is 1.93. The highest BCUT2D eigenvalue weighted by Crippen LogP contribution is 2.24. The number of methoxy groups -OCH3 is 1. The number of carbonyl (C=O) groups is 2. The molecule has 1 aliphatic heterocycles. The van der Waals surface area contributed by atoms with E-state index in [-0.39, 0.29) is 23.8 Å². The molecular weight excluding hydrogens is 430 g/mol. The number of hydrogen-bond acceptors (Lipinski definition) is 5. The van der Waals surface area contributed by atoms with Crippen LogP contribution < -0.4 is 9.47 Å². The van der Waals surface area contributed by atoms with Crippen molar-refractivity contribution in [2.75, 3.05) is 33.4 Å². The van der Waals surface area contributed by atoms with Gasteiger partial charge < -0.3 is 19.3 Å². The minimum atomic E-state index is -0.172. The van der Waals surface area contributed by atoms with E-state index in [9.17, 15) is 9.59 Å². The van der Waals surface area contributed by atoms with Crippen molar-refractivity contribution in [2.24, 2.45) is 5.92 Å². The number of carbonyl (C=O) groups excluding carboxylic acids is 2. The van der Waals surface area contributed by atoms with Gasteiger partial charge in [-0.25, -0.2) is 4.98 Å². The monoisotopic (exact) mass is 467 g/mol. The van der Waals surface area contributed by atoms with E-state index in [1.54, 1.807) is 25.3 Å². The molecule has 0 radical (unpaired) electrons. The highest BCUT2D eigenvalue weighted by atomic mass is 16.5. The van der Waals surface area contributed by atoms with Gasteiger partial charge in [0.05, 0.1) is 18.7 Å². The minimum Gasteiger partial charge on any atom is -0.491 e. The number of amides is 2. The Bertz CT molecular complexity index is 962. The summed E-state index contributed by atoms with van der Waals surface area (Å²) >= 11 is 0. The Morgan fingerprint density at radius 3 is 2.53 bits per heavy atom. The molecule has 34 heavy (non-hydrogen) atoms. The van der Waals surface area contributed by atoms with Crippen molar-refractivity contribution >= 4 is 11.8 Å². The number of rotatable bonds is 4. The Hall–Kier alpha value is -3.09. The van der Waals surface area contributed by atoms with Crippen molar-refractivity contribution in [1.82, 2.24) is 14.8 Å². The molecule has 0 N–H and O–H groups in total. The van der Waals surface area contributed by atoms with Gasteiger partial charge in [-0.05, 0) is 43.9 Å². The van der Waals surface area contributed by atoms with Crippen LogP contribution in [-0.2, 0) is 0 Å². The summed E-state index contributed by atoms with van der Waals surface area (Å²) in [5.74, 6) is 0.982. The Kier molecular flexibility index (Phi) is 9.31. The van der Waals surface area contributed by atoms with Crippen molar-refractivity contribution in [2.45, 2.75) is 52.5 Å². The lowest BCUT2D eigenvalue weighted by atomic mass is 10.0. The van der Waals surface area contributed by atoms with Crippen molar-refractivity contribution in [3.63, 3.8) is 0 Å². The lowest BCUT2D eigenvalue weighted by molar-refractivity contribution is 0.0515. The molecule has 1 aromatic carbocycles. The van der Waals surface area contributed by atoms with Crippen LogP contribution >= 0.6 is 0 Å². The zero-order valence-corrected chi connectivity index (χ0v) is 20.8. The normalized spacial score (nSPS) is 18.1. The third kappa shape index (κ3) is 6.27. The molecule has 2 heterocycles. The summed E-state index contributed by atoms with van der Waals surface area (Å²) in [6, 6.07) is 12.5. The van der Waals surface area contributed by atoms with Crippen molar-refractivity contribution in [3.8, 4) is 11.6 Å². The average molecular weight is 468 g/mol. The zero-order valence-electron chi connectivity index (χ0n) is 20.8. The summed E-state index contributed by atoms with van der Waals surface area (Å²) in [5, 5.41) is 0. The van der Waals surface area contributed by atoms with Crippen LogP contribution in [0.1, 0.15) is 67.3 Å². The van der Waals surface area contributed by atoms with Crippen molar-refractivity contribution < 1.29 is 19.1 Å². The van der Waals surface area contributed by atoms with Gasteiger partial charge >= 0.3 is 0 Å². The molecule has 0 saturated heterocycles. The second-order valence-electron chi connectivity index (χ2n) is 8.98. The fourth-order valence-corrected chi connectivity index (χ4v) is 4.31. The van der Waals surface area contributed by atoms with Crippen LogP contribution in [0.3, 0.4) is 0 Å². The molecule has 0 bridgehead atoms. The van der Waals surface area contributed by atoms with E-state index in [1.807, 2.05) is 41.0 Å². The first-order valence-electron chi connectivity index (χ1n) is 12.3. The van der Waals surface area contributed by atoms with Gasteiger partial charge in [0.25, 0.3) is 11.8 Å². The van der Waals surface area contributed by atoms with Gasteiger partial charge in [0.2, 0.25) is 5.88 Å². The molecule has 0 spiro atoms. The summed E-state index contributed by atoms with van der Waals surface area (Å²) in [6.07, 6.45) is 3.81. The molecule has 0 aliphatic carbocycles. The third-order valence-corrected chi connectivity index (χ3v) is 6.36. The Morgan fingerprint density at radius 1 is 1.09 bits per heavy atom. The van der Waals surface area contributed by atoms with Crippen molar-refractivity contribution in [3.05, 3.63) is 53.7 Å². The minimum absolute atomic E-state index is 0.00947. The molecule has 1 atom stereocenters. The molecule has 184 valence electrons. The van der Waals surface area contributed by atoms with Gasteiger partial charge in [0.1, 0.15) is 18.1 Å². The largest absolute Gasteiger partial charge is 0.491 e. The van der Waals surface area contributed by atoms with E-state index in [0.29, 0.717) is 49.1 Å². The predicted octanol–water partition coefficient (Wildman–Crippen LogP) is 4.67. The molecular formula is C27H37N3O4. The molecule has 0 unspecified atom stereocenters. The first-order chi connectivity index (χ1) is 16.5. The first kappa shape index (κ1) is 25.5. The summed E-state index contributed by atoms with van der Waals surface area (Å²) < 4.78 is 11.5. The van der Waals surface area contributed by atoms with Crippen LogP contribution in [-0.4, -0.2) is 66.0 Å². The lowest BCUT2D eigenvalue weighted by Crippen LogP contribution is -2.47. The molecule has 2 aromatic rings. The van der Waals surface area contributed by atoms with E-state index in [0.717, 1.165) is 25.7 Å². The summed E-state index contributed by atoms with van der Waals surface area (Å²) in [7, 11) is 1.54. The topological polar surface area (TPSA) is 72.0 Å². The lowest BCUT2D eigenvalue weighted by Gasteiger charge is -2.35. The number of pyridine rings is 1. The van der Waals surface area contributed by atoms with Crippen molar-refractivity contribution in [1.29, 1.82) is 0 Å². The van der Waals surface area contributed by atoms with Crippen LogP contribution in [0.15, 0.2) is 42.5 Å². The number of ether oxygens (including phenoxy) is 2. The fourth-order valence-electron chi connectivity index (χ4n) is 4.31. The maximum atomic E-state index is 13.6. The van der Waals surface area contributed by atoms with Crippen LogP contribution in [0.5, 0.6) is 11.6 Å². The maximum absolute atomic E-state index is 13.6. The van der Waals surface area contributed by atoms with Crippen LogP contribution in [0.2, 0.25) is 0 Å². The van der Waals surface area contributed by atoms with Crippen LogP contribution in [0, 0.1) is 5.92 Å². The van der Waals surface area contributed by atoms with E-state index in [2.05, 4.69) is 18.8 Å². The maximum Gasteiger partial charge on any atom is 0.272 e. The molecule has 7 heteroatoms. The van der Waals surface area contributed by atoms with Crippen LogP contribution in [0.25, 0.3) is 0 Å². The predicted molar refractivity (Wildman–Crippen MR) is 132 cm³/mol. The number of hydrogen-bond donors (Lipinski definition) is 0. The molecule has 2 amide bonds. The van der Waals surface area contributed by atoms with Gasteiger partial charge in [-0.3, -0.25) is 9.59 Å². The summed E-state index contributed by atoms with van der Waals surface area (Å²) in [5.41, 5.74) is 0.927. The standard InChI is InChI=1S/C27H37N3O4/c1-5-29-17-10-6-7-11-18-30(27(32)22-14-12-16-25(28-22)33-4)23(20(2)3)19-34-24-15-9-8-13-21(24)26(29)31/h8-9,12-16,20,23H,5-7,10-11,17-19H2,1-4H3/t23-/m1/s1. The molecule has 0 saturated carbocycles. The molecule has 7 nitrogen and oxygen atoms in total. The highest BCUT2D eigenvalue weighted by molar-refractivity contribution is 5.97. The molecule has 1 aromatic heterocycles. The number of benzene rings is 1. The number of nitrogens with zero attached hydrogens (tertiary/aromatic N) is 3. The van der Waals surface area contributed by atoms with E-state index in [4.69, 9.17) is 9.47 Å². The van der Waals surface area contributed by atoms with Gasteiger partial charge in [-0.1, -0.05) is 44.9 Å². The molecule has 1 aliphatic rings. The van der Waals surface area contributed by atoms with E-state index in [1.165, 1.54) is 0 Å². The first-order valence-corrected chi connectivity index (χ1v) is 12.3. The van der Waals surface area contributed by atoms with Crippen LogP contribution in [0.4, 0.5) is 0 Å². The van der Waals surface area contributed by atoms with E-state index >= 15 is 0 Å². The summed E-state index contributed by atoms with van der Waals surface area (Å²) in [6.45, 7) is 8.49. The van der Waals surface area contributed by atoms with Gasteiger partial charge in [-0.15, -0.1) is 0 Å². The molecule has 0 fully saturated rings. The van der Waals surface area contributed by atoms with Gasteiger partial charge in [0.15, 0.2) is 0 Å². The zero-order chi connectivity index (χ0) is 24.5. The molecule has 3 rings (SSSR count). The van der Waals surface area contributed by atoms with E-state index < -0.39 is 0 Å². The second kappa shape index (κ2) is 12.4. The van der Waals surface area contributed by atoms with Gasteiger partial charge in [-0.2, -0.15) is 0 Å². The number of para-hydroxylation sites is 1.